The summed E-state index contributed by atoms with van der Waals surface area (Å²) in [6, 6.07) is 3.39. The molecule has 1 saturated heterocycles. The second kappa shape index (κ2) is 6.57. The number of hydrogen-bond acceptors (Lipinski definition) is 3. The molecule has 0 bridgehead atoms. The fourth-order valence-corrected chi connectivity index (χ4v) is 3.07. The van der Waals surface area contributed by atoms with Crippen LogP contribution in [0.5, 0.6) is 0 Å². The third-order valence-corrected chi connectivity index (χ3v) is 4.23. The van der Waals surface area contributed by atoms with Crippen LogP contribution in [0.3, 0.4) is 0 Å². The lowest BCUT2D eigenvalue weighted by atomic mass is 9.93. The molecular weight excluding hydrogens is 246 g/mol. The van der Waals surface area contributed by atoms with E-state index in [9.17, 15) is 0 Å². The van der Waals surface area contributed by atoms with Crippen molar-refractivity contribution in [2.75, 3.05) is 11.4 Å². The van der Waals surface area contributed by atoms with Gasteiger partial charge in [-0.15, -0.1) is 0 Å². The molecule has 0 amide bonds. The lowest BCUT2D eigenvalue weighted by Gasteiger charge is -2.38. The van der Waals surface area contributed by atoms with Gasteiger partial charge in [0.1, 0.15) is 5.82 Å². The third-order valence-electron chi connectivity index (χ3n) is 4.23. The maximum atomic E-state index is 4.74. The first-order valence-corrected chi connectivity index (χ1v) is 7.93. The van der Waals surface area contributed by atoms with Gasteiger partial charge in [-0.05, 0) is 49.8 Å². The van der Waals surface area contributed by atoms with Gasteiger partial charge in [-0.2, -0.15) is 0 Å². The smallest absolute Gasteiger partial charge is 0.131 e. The van der Waals surface area contributed by atoms with Gasteiger partial charge < -0.3 is 10.2 Å². The maximum absolute atomic E-state index is 4.74. The SMILES string of the molecule is Cc1cc(CNC(C)C)cnc1N1CCC(C)CC1C. The normalized spacial score (nSPS) is 23.4. The van der Waals surface area contributed by atoms with Gasteiger partial charge in [0.15, 0.2) is 0 Å². The Kier molecular flexibility index (Phi) is 5.03. The predicted molar refractivity (Wildman–Crippen MR) is 86.2 cm³/mol. The van der Waals surface area contributed by atoms with E-state index in [1.165, 1.54) is 29.8 Å². The second-order valence-corrected chi connectivity index (χ2v) is 6.69. The molecule has 20 heavy (non-hydrogen) atoms. The van der Waals surface area contributed by atoms with E-state index in [2.05, 4.69) is 50.9 Å². The molecule has 2 unspecified atom stereocenters. The van der Waals surface area contributed by atoms with Crippen molar-refractivity contribution in [2.24, 2.45) is 5.92 Å². The Morgan fingerprint density at radius 2 is 2.15 bits per heavy atom. The Morgan fingerprint density at radius 1 is 1.40 bits per heavy atom. The quantitative estimate of drug-likeness (QED) is 0.911. The Bertz CT molecular complexity index is 442. The number of hydrogen-bond donors (Lipinski definition) is 1. The standard InChI is InChI=1S/C17H29N3/c1-12(2)18-10-16-9-14(4)17(19-11-16)20-7-6-13(3)8-15(20)5/h9,11-13,15,18H,6-8,10H2,1-5H3. The molecule has 1 fully saturated rings. The second-order valence-electron chi connectivity index (χ2n) is 6.69. The van der Waals surface area contributed by atoms with Crippen molar-refractivity contribution in [3.63, 3.8) is 0 Å². The van der Waals surface area contributed by atoms with E-state index in [4.69, 9.17) is 4.98 Å². The van der Waals surface area contributed by atoms with E-state index in [0.717, 1.165) is 19.0 Å². The van der Waals surface area contributed by atoms with Crippen molar-refractivity contribution in [3.8, 4) is 0 Å². The maximum Gasteiger partial charge on any atom is 0.131 e. The minimum absolute atomic E-state index is 0.513. The zero-order valence-corrected chi connectivity index (χ0v) is 13.6. The summed E-state index contributed by atoms with van der Waals surface area (Å²) in [4.78, 5) is 7.22. The first kappa shape index (κ1) is 15.3. The van der Waals surface area contributed by atoms with E-state index in [0.29, 0.717) is 12.1 Å². The fraction of sp³-hybridized carbons (Fsp3) is 0.706. The summed E-state index contributed by atoms with van der Waals surface area (Å²) < 4.78 is 0. The predicted octanol–water partition coefficient (Wildman–Crippen LogP) is 3.51. The van der Waals surface area contributed by atoms with Gasteiger partial charge in [0.2, 0.25) is 0 Å². The lowest BCUT2D eigenvalue weighted by Crippen LogP contribution is -2.41. The van der Waals surface area contributed by atoms with Crippen LogP contribution in [0, 0.1) is 12.8 Å². The molecule has 0 saturated carbocycles. The summed E-state index contributed by atoms with van der Waals surface area (Å²) in [6.45, 7) is 13.3. The van der Waals surface area contributed by atoms with Crippen LogP contribution >= 0.6 is 0 Å². The van der Waals surface area contributed by atoms with E-state index in [1.54, 1.807) is 0 Å². The zero-order chi connectivity index (χ0) is 14.7. The number of pyridine rings is 1. The minimum atomic E-state index is 0.513. The molecular formula is C17H29N3. The van der Waals surface area contributed by atoms with Gasteiger partial charge in [0.05, 0.1) is 0 Å². The van der Waals surface area contributed by atoms with Crippen LogP contribution in [0.2, 0.25) is 0 Å². The van der Waals surface area contributed by atoms with E-state index < -0.39 is 0 Å². The molecule has 2 atom stereocenters. The molecule has 1 aliphatic rings. The van der Waals surface area contributed by atoms with E-state index in [-0.39, 0.29) is 0 Å². The van der Waals surface area contributed by atoms with Crippen molar-refractivity contribution in [2.45, 2.75) is 66.1 Å². The van der Waals surface area contributed by atoms with Crippen molar-refractivity contribution < 1.29 is 0 Å². The molecule has 1 aromatic heterocycles. The van der Waals surface area contributed by atoms with Gasteiger partial charge in [-0.25, -0.2) is 4.98 Å². The number of anilines is 1. The highest BCUT2D eigenvalue weighted by Gasteiger charge is 2.24. The lowest BCUT2D eigenvalue weighted by molar-refractivity contribution is 0.375. The molecule has 1 aliphatic heterocycles. The van der Waals surface area contributed by atoms with Crippen LogP contribution in [0.4, 0.5) is 5.82 Å². The molecule has 0 aromatic carbocycles. The molecule has 0 spiro atoms. The van der Waals surface area contributed by atoms with Crippen LogP contribution in [-0.4, -0.2) is 23.6 Å². The molecule has 0 radical (unpaired) electrons. The Morgan fingerprint density at radius 3 is 2.75 bits per heavy atom. The number of aryl methyl sites for hydroxylation is 1. The number of nitrogens with one attached hydrogen (secondary N) is 1. The summed E-state index contributed by atoms with van der Waals surface area (Å²) in [5.41, 5.74) is 2.58. The van der Waals surface area contributed by atoms with Crippen molar-refractivity contribution in [3.05, 3.63) is 23.4 Å². The fourth-order valence-electron chi connectivity index (χ4n) is 3.07. The van der Waals surface area contributed by atoms with Gasteiger partial charge in [-0.1, -0.05) is 20.8 Å². The average Bonchev–Trinajstić information content (AvgIpc) is 2.37. The first-order chi connectivity index (χ1) is 9.47. The van der Waals surface area contributed by atoms with Crippen molar-refractivity contribution in [1.82, 2.24) is 10.3 Å². The summed E-state index contributed by atoms with van der Waals surface area (Å²) >= 11 is 0. The summed E-state index contributed by atoms with van der Waals surface area (Å²) in [5, 5.41) is 3.45. The molecule has 2 heterocycles. The largest absolute Gasteiger partial charge is 0.354 e. The molecule has 112 valence electrons. The molecule has 2 rings (SSSR count). The number of piperidine rings is 1. The zero-order valence-electron chi connectivity index (χ0n) is 13.6. The van der Waals surface area contributed by atoms with Gasteiger partial charge >= 0.3 is 0 Å². The summed E-state index contributed by atoms with van der Waals surface area (Å²) in [7, 11) is 0. The Labute approximate surface area is 123 Å². The van der Waals surface area contributed by atoms with E-state index in [1.807, 2.05) is 6.20 Å². The van der Waals surface area contributed by atoms with Crippen LogP contribution in [0.15, 0.2) is 12.3 Å². The Hall–Kier alpha value is -1.09. The number of rotatable bonds is 4. The molecule has 3 nitrogen and oxygen atoms in total. The molecule has 1 aromatic rings. The number of nitrogens with zero attached hydrogens (tertiary/aromatic N) is 2. The third kappa shape index (κ3) is 3.72. The van der Waals surface area contributed by atoms with E-state index >= 15 is 0 Å². The summed E-state index contributed by atoms with van der Waals surface area (Å²) in [5.74, 6) is 2.02. The van der Waals surface area contributed by atoms with Gasteiger partial charge in [0.25, 0.3) is 0 Å². The highest BCUT2D eigenvalue weighted by Crippen LogP contribution is 2.28. The minimum Gasteiger partial charge on any atom is -0.354 e. The summed E-state index contributed by atoms with van der Waals surface area (Å²) in [6.07, 6.45) is 4.59. The van der Waals surface area contributed by atoms with Crippen LogP contribution in [0.25, 0.3) is 0 Å². The first-order valence-electron chi connectivity index (χ1n) is 7.93. The average molecular weight is 275 g/mol. The van der Waals surface area contributed by atoms with Crippen molar-refractivity contribution >= 4 is 5.82 Å². The highest BCUT2D eigenvalue weighted by molar-refractivity contribution is 5.48. The molecule has 0 aliphatic carbocycles. The highest BCUT2D eigenvalue weighted by atomic mass is 15.2. The number of aromatic nitrogens is 1. The van der Waals surface area contributed by atoms with Gasteiger partial charge in [-0.3, -0.25) is 0 Å². The van der Waals surface area contributed by atoms with Crippen LogP contribution in [0.1, 0.15) is 51.7 Å². The Balaban J connectivity index is 2.09. The van der Waals surface area contributed by atoms with Crippen LogP contribution in [-0.2, 0) is 6.54 Å². The molecule has 3 heteroatoms. The van der Waals surface area contributed by atoms with Gasteiger partial charge in [0, 0.05) is 31.4 Å². The van der Waals surface area contributed by atoms with Crippen molar-refractivity contribution in [1.29, 1.82) is 0 Å². The topological polar surface area (TPSA) is 28.2 Å². The molecule has 1 N–H and O–H groups in total. The van der Waals surface area contributed by atoms with Crippen LogP contribution < -0.4 is 10.2 Å². The monoisotopic (exact) mass is 275 g/mol.